The lowest BCUT2D eigenvalue weighted by atomic mass is 9.87. The van der Waals surface area contributed by atoms with Crippen molar-refractivity contribution in [1.82, 2.24) is 29.7 Å². The van der Waals surface area contributed by atoms with E-state index < -0.39 is 12.0 Å². The number of likely N-dealkylation sites (tertiary alicyclic amines) is 1. The molecule has 4 fully saturated rings. The zero-order valence-corrected chi connectivity index (χ0v) is 21.0. The summed E-state index contributed by atoms with van der Waals surface area (Å²) in [6, 6.07) is 9.01. The number of nitrogens with zero attached hydrogens (tertiary/aromatic N) is 5. The number of amides is 1. The second-order valence-corrected chi connectivity index (χ2v) is 10.9. The van der Waals surface area contributed by atoms with Gasteiger partial charge in [0.2, 0.25) is 0 Å². The van der Waals surface area contributed by atoms with Crippen LogP contribution < -0.4 is 10.6 Å². The largest absolute Gasteiger partial charge is 0.348 e. The van der Waals surface area contributed by atoms with Gasteiger partial charge in [0.05, 0.1) is 6.33 Å². The molecule has 1 amide bonds. The second kappa shape index (κ2) is 8.53. The summed E-state index contributed by atoms with van der Waals surface area (Å²) in [4.78, 5) is 28.5. The zero-order valence-electron chi connectivity index (χ0n) is 21.0. The van der Waals surface area contributed by atoms with Crippen LogP contribution in [0.15, 0.2) is 43.0 Å². The van der Waals surface area contributed by atoms with E-state index in [2.05, 4.69) is 30.5 Å². The number of aromatic nitrogens is 4. The normalized spacial score (nSPS) is 32.6. The summed E-state index contributed by atoms with van der Waals surface area (Å²) < 4.78 is 21.2. The Morgan fingerprint density at radius 2 is 1.95 bits per heavy atom. The molecule has 6 heterocycles. The SMILES string of the molecule is CC1(C)O[C@@H]2[C@H](O1)[C@@H](CN1CCC3(CCN3)C1)O[C@H]2n1cnc2c(NC(=O)c3ccccc3)ncnc21. The predicted molar refractivity (Wildman–Crippen MR) is 134 cm³/mol. The van der Waals surface area contributed by atoms with E-state index in [0.717, 1.165) is 26.2 Å². The van der Waals surface area contributed by atoms with Crippen LogP contribution in [0.3, 0.4) is 0 Å². The number of imidazole rings is 1. The van der Waals surface area contributed by atoms with Crippen molar-refractivity contribution in [3.63, 3.8) is 0 Å². The van der Waals surface area contributed by atoms with E-state index in [0.29, 0.717) is 22.5 Å². The van der Waals surface area contributed by atoms with Gasteiger partial charge in [-0.3, -0.25) is 14.3 Å². The van der Waals surface area contributed by atoms with Gasteiger partial charge in [-0.15, -0.1) is 0 Å². The zero-order chi connectivity index (χ0) is 25.2. The van der Waals surface area contributed by atoms with Crippen LogP contribution in [-0.2, 0) is 14.2 Å². The van der Waals surface area contributed by atoms with Crippen molar-refractivity contribution in [1.29, 1.82) is 0 Å². The van der Waals surface area contributed by atoms with E-state index in [1.54, 1.807) is 18.5 Å². The summed E-state index contributed by atoms with van der Waals surface area (Å²) in [6.45, 7) is 7.84. The van der Waals surface area contributed by atoms with Crippen molar-refractivity contribution in [2.45, 2.75) is 62.6 Å². The molecule has 0 aliphatic carbocycles. The highest BCUT2D eigenvalue weighted by molar-refractivity contribution is 6.06. The fourth-order valence-corrected chi connectivity index (χ4v) is 6.12. The molecule has 4 saturated heterocycles. The van der Waals surface area contributed by atoms with E-state index in [9.17, 15) is 4.79 Å². The summed E-state index contributed by atoms with van der Waals surface area (Å²) in [6.07, 6.45) is 4.38. The molecular formula is C26H31N7O4. The van der Waals surface area contributed by atoms with Gasteiger partial charge in [-0.05, 0) is 45.4 Å². The second-order valence-electron chi connectivity index (χ2n) is 10.9. The molecule has 194 valence electrons. The molecule has 0 bridgehead atoms. The molecule has 37 heavy (non-hydrogen) atoms. The average Bonchev–Trinajstić information content (AvgIpc) is 3.62. The fourth-order valence-electron chi connectivity index (χ4n) is 6.12. The number of hydrogen-bond acceptors (Lipinski definition) is 9. The van der Waals surface area contributed by atoms with Gasteiger partial charge in [0.15, 0.2) is 29.0 Å². The van der Waals surface area contributed by atoms with Crippen LogP contribution in [0.5, 0.6) is 0 Å². The van der Waals surface area contributed by atoms with Crippen molar-refractivity contribution in [2.24, 2.45) is 0 Å². The minimum absolute atomic E-state index is 0.149. The Labute approximate surface area is 214 Å². The number of benzene rings is 1. The third kappa shape index (κ3) is 4.02. The van der Waals surface area contributed by atoms with Gasteiger partial charge in [-0.25, -0.2) is 15.0 Å². The maximum Gasteiger partial charge on any atom is 0.256 e. The summed E-state index contributed by atoms with van der Waals surface area (Å²) in [5, 5.41) is 6.49. The van der Waals surface area contributed by atoms with Gasteiger partial charge in [0.1, 0.15) is 24.6 Å². The molecule has 2 aromatic heterocycles. The van der Waals surface area contributed by atoms with Crippen molar-refractivity contribution < 1.29 is 19.0 Å². The quantitative estimate of drug-likeness (QED) is 0.537. The molecule has 11 heteroatoms. The smallest absolute Gasteiger partial charge is 0.256 e. The van der Waals surface area contributed by atoms with Gasteiger partial charge in [-0.2, -0.15) is 0 Å². The van der Waals surface area contributed by atoms with Crippen LogP contribution in [-0.4, -0.2) is 86.1 Å². The van der Waals surface area contributed by atoms with E-state index >= 15 is 0 Å². The number of ether oxygens (including phenoxy) is 3. The highest BCUT2D eigenvalue weighted by Gasteiger charge is 2.57. The number of fused-ring (bicyclic) bond motifs is 2. The standard InChI is InChI=1S/C26H31N7O4/c1-25(2)36-19-17(12-32-11-9-26(13-32)8-10-30-26)35-24(20(19)37-25)33-15-29-18-21(27-14-28-22(18)33)31-23(34)16-6-4-3-5-7-16/h3-7,14-15,17,19-20,24,30H,8-13H2,1-2H3,(H,27,28,31,34)/t17-,19-,20-,24-,26?/m1/s1. The predicted octanol–water partition coefficient (Wildman–Crippen LogP) is 1.93. The van der Waals surface area contributed by atoms with Crippen LogP contribution >= 0.6 is 0 Å². The molecule has 1 spiro atoms. The summed E-state index contributed by atoms with van der Waals surface area (Å²) >= 11 is 0. The molecule has 0 radical (unpaired) electrons. The highest BCUT2D eigenvalue weighted by Crippen LogP contribution is 2.44. The minimum Gasteiger partial charge on any atom is -0.348 e. The number of carbonyl (C=O) groups excluding carboxylic acids is 1. The topological polar surface area (TPSA) is 116 Å². The maximum absolute atomic E-state index is 12.7. The van der Waals surface area contributed by atoms with Crippen LogP contribution in [0.2, 0.25) is 0 Å². The van der Waals surface area contributed by atoms with Crippen molar-refractivity contribution in [2.75, 3.05) is 31.5 Å². The van der Waals surface area contributed by atoms with Gasteiger partial charge in [-0.1, -0.05) is 18.2 Å². The first-order valence-electron chi connectivity index (χ1n) is 12.9. The number of nitrogens with one attached hydrogen (secondary N) is 2. The maximum atomic E-state index is 12.7. The number of carbonyl (C=O) groups is 1. The molecule has 3 aromatic rings. The molecule has 2 N–H and O–H groups in total. The molecule has 0 saturated carbocycles. The average molecular weight is 506 g/mol. The van der Waals surface area contributed by atoms with E-state index in [-0.39, 0.29) is 29.8 Å². The minimum atomic E-state index is -0.711. The summed E-state index contributed by atoms with van der Waals surface area (Å²) in [5.41, 5.74) is 1.88. The van der Waals surface area contributed by atoms with Crippen molar-refractivity contribution >= 4 is 22.9 Å². The molecule has 1 unspecified atom stereocenters. The molecule has 4 aliphatic rings. The van der Waals surface area contributed by atoms with Crippen LogP contribution in [0.25, 0.3) is 11.2 Å². The number of hydrogen-bond donors (Lipinski definition) is 2. The Hall–Kier alpha value is -2.96. The summed E-state index contributed by atoms with van der Waals surface area (Å²) in [5.74, 6) is -0.619. The van der Waals surface area contributed by atoms with Gasteiger partial charge < -0.3 is 24.8 Å². The Morgan fingerprint density at radius 1 is 1.14 bits per heavy atom. The Bertz CT molecular complexity index is 1320. The van der Waals surface area contributed by atoms with Gasteiger partial charge in [0.25, 0.3) is 5.91 Å². The first-order chi connectivity index (χ1) is 17.9. The third-order valence-electron chi connectivity index (χ3n) is 8.00. The van der Waals surface area contributed by atoms with Crippen LogP contribution in [0, 0.1) is 0 Å². The molecule has 11 nitrogen and oxygen atoms in total. The lowest BCUT2D eigenvalue weighted by Crippen LogP contribution is -2.58. The summed E-state index contributed by atoms with van der Waals surface area (Å²) in [7, 11) is 0. The molecule has 7 rings (SSSR count). The first-order valence-corrected chi connectivity index (χ1v) is 12.9. The third-order valence-corrected chi connectivity index (χ3v) is 8.00. The van der Waals surface area contributed by atoms with Gasteiger partial charge >= 0.3 is 0 Å². The number of rotatable bonds is 5. The Balaban J connectivity index is 1.15. The van der Waals surface area contributed by atoms with Crippen molar-refractivity contribution in [3.05, 3.63) is 48.5 Å². The van der Waals surface area contributed by atoms with E-state index in [4.69, 9.17) is 14.2 Å². The monoisotopic (exact) mass is 505 g/mol. The Kier molecular flexibility index (Phi) is 5.35. The molecular weight excluding hydrogens is 474 g/mol. The van der Waals surface area contributed by atoms with Crippen LogP contribution in [0.4, 0.5) is 5.82 Å². The number of anilines is 1. The first kappa shape index (κ1) is 23.2. The molecule has 5 atom stereocenters. The van der Waals surface area contributed by atoms with Crippen LogP contribution in [0.1, 0.15) is 43.3 Å². The Morgan fingerprint density at radius 3 is 2.70 bits per heavy atom. The van der Waals surface area contributed by atoms with Gasteiger partial charge in [0, 0.05) is 30.7 Å². The molecule has 1 aromatic carbocycles. The lowest BCUT2D eigenvalue weighted by molar-refractivity contribution is -0.197. The highest BCUT2D eigenvalue weighted by atomic mass is 16.8. The van der Waals surface area contributed by atoms with Crippen molar-refractivity contribution in [3.8, 4) is 0 Å². The van der Waals surface area contributed by atoms with E-state index in [1.165, 1.54) is 19.2 Å². The van der Waals surface area contributed by atoms with E-state index in [1.807, 2.05) is 36.6 Å². The lowest BCUT2D eigenvalue weighted by Gasteiger charge is -2.40. The fraction of sp³-hybridized carbons (Fsp3) is 0.538. The molecule has 4 aliphatic heterocycles.